The summed E-state index contributed by atoms with van der Waals surface area (Å²) in [7, 11) is 1.51. The fourth-order valence-corrected chi connectivity index (χ4v) is 9.10. The van der Waals surface area contributed by atoms with Crippen molar-refractivity contribution < 1.29 is 58.4 Å². The molecule has 3 saturated heterocycles. The van der Waals surface area contributed by atoms with Crippen molar-refractivity contribution in [2.24, 2.45) is 17.8 Å². The minimum atomic E-state index is -1.85. The van der Waals surface area contributed by atoms with E-state index in [1.54, 1.807) is 34.6 Å². The third-order valence-electron chi connectivity index (χ3n) is 12.3. The van der Waals surface area contributed by atoms with E-state index in [-0.39, 0.29) is 32.0 Å². The second-order valence-electron chi connectivity index (χ2n) is 16.7. The van der Waals surface area contributed by atoms with Gasteiger partial charge in [-0.15, -0.1) is 12.8 Å². The highest BCUT2D eigenvalue weighted by Gasteiger charge is 2.57. The molecule has 4 aliphatic rings. The first-order valence-corrected chi connectivity index (χ1v) is 19.3. The third kappa shape index (κ3) is 8.82. The number of methoxy groups -OCH3 is 1. The standard InChI is InChI=1S/C41H65NO12/c1-14-17-42(18-15-2)28-19-23(5)49-38(31(28)44)53-35-25(7)33(51-30-21-39(10,48-13)34(45)27(9)50-30)26(8)37(46)52-36(41(12,47)29(43)16-3)24(6)32-22(4)20-40(35,11)54-32/h1-2,23-31,33-36,38,43-45,47H,16-21H2,3-13H3/t23?,24-,25-,26+,27?,28?,29-,30-,31?,33-,34-,35+,36+,38-,39?,40+,41+/m0/s1. The summed E-state index contributed by atoms with van der Waals surface area (Å²) in [5.74, 6) is 2.79. The number of esters is 1. The van der Waals surface area contributed by atoms with E-state index in [2.05, 4.69) is 11.8 Å². The molecule has 0 aromatic rings. The van der Waals surface area contributed by atoms with Gasteiger partial charge in [0.25, 0.3) is 0 Å². The zero-order valence-corrected chi connectivity index (χ0v) is 34.0. The molecule has 5 unspecified atom stereocenters. The maximum absolute atomic E-state index is 14.4. The molecule has 2 bridgehead atoms. The lowest BCUT2D eigenvalue weighted by molar-refractivity contribution is -0.316. The van der Waals surface area contributed by atoms with Crippen molar-refractivity contribution in [2.75, 3.05) is 20.2 Å². The molecule has 0 amide bonds. The van der Waals surface area contributed by atoms with E-state index in [4.69, 9.17) is 46.0 Å². The maximum Gasteiger partial charge on any atom is 0.311 e. The number of fused-ring (bicyclic) bond motifs is 2. The second-order valence-corrected chi connectivity index (χ2v) is 16.7. The number of hydrogen-bond donors (Lipinski definition) is 4. The van der Waals surface area contributed by atoms with Crippen molar-refractivity contribution in [3.05, 3.63) is 11.3 Å². The zero-order chi connectivity index (χ0) is 40.5. The number of aliphatic hydroxyl groups is 4. The van der Waals surface area contributed by atoms with Gasteiger partial charge in [0.05, 0.1) is 54.9 Å². The van der Waals surface area contributed by atoms with Crippen LogP contribution in [0.2, 0.25) is 0 Å². The van der Waals surface area contributed by atoms with Crippen molar-refractivity contribution in [1.82, 2.24) is 4.90 Å². The average Bonchev–Trinajstić information content (AvgIpc) is 3.43. The Bertz CT molecular complexity index is 1410. The van der Waals surface area contributed by atoms with Crippen LogP contribution in [0.5, 0.6) is 0 Å². The normalized spacial score (nSPS) is 43.6. The lowest BCUT2D eigenvalue weighted by Gasteiger charge is -2.48. The molecular weight excluding hydrogens is 698 g/mol. The van der Waals surface area contributed by atoms with E-state index in [0.717, 1.165) is 5.57 Å². The molecule has 0 spiro atoms. The summed E-state index contributed by atoms with van der Waals surface area (Å²) >= 11 is 0. The highest BCUT2D eigenvalue weighted by Crippen LogP contribution is 2.48. The number of carbonyl (C=O) groups is 1. The van der Waals surface area contributed by atoms with Crippen LogP contribution in [0, 0.1) is 42.4 Å². The van der Waals surface area contributed by atoms with Gasteiger partial charge in [-0.25, -0.2) is 0 Å². The summed E-state index contributed by atoms with van der Waals surface area (Å²) in [6.45, 7) is 18.2. The van der Waals surface area contributed by atoms with E-state index in [0.29, 0.717) is 18.6 Å². The third-order valence-corrected chi connectivity index (χ3v) is 12.3. The SMILES string of the molecule is C#CCN(CC#C)C1CC(C)O[C@@H](O[C@@H]2[C@@H](C)[C@H](O[C@H]3CC(C)(OC)[C@@H](O)C(C)O3)[C@@H](C)C(=O)O[C@@H]([C@](C)(O)[C@@H](O)CC)[C@@H](C)C3=C(C)C[C@@]2(C)O3)C1O. The van der Waals surface area contributed by atoms with Crippen molar-refractivity contribution in [2.45, 2.75) is 179 Å². The summed E-state index contributed by atoms with van der Waals surface area (Å²) in [6.07, 6.45) is 3.13. The molecule has 4 N–H and O–H groups in total. The molecule has 0 radical (unpaired) electrons. The largest absolute Gasteiger partial charge is 0.488 e. The van der Waals surface area contributed by atoms with E-state index in [9.17, 15) is 25.2 Å². The molecule has 0 aliphatic carbocycles. The molecule has 54 heavy (non-hydrogen) atoms. The van der Waals surface area contributed by atoms with Crippen molar-refractivity contribution in [3.63, 3.8) is 0 Å². The molecule has 4 aliphatic heterocycles. The van der Waals surface area contributed by atoms with Gasteiger partial charge in [-0.3, -0.25) is 9.69 Å². The summed E-state index contributed by atoms with van der Waals surface area (Å²) < 4.78 is 45.0. The number of hydrogen-bond acceptors (Lipinski definition) is 13. The first kappa shape index (κ1) is 44.4. The van der Waals surface area contributed by atoms with Crippen LogP contribution < -0.4 is 0 Å². The van der Waals surface area contributed by atoms with Crippen LogP contribution in [0.4, 0.5) is 0 Å². The molecule has 17 atom stereocenters. The van der Waals surface area contributed by atoms with Crippen LogP contribution in [0.1, 0.15) is 94.9 Å². The number of aliphatic hydroxyl groups excluding tert-OH is 3. The number of nitrogens with zero attached hydrogens (tertiary/aromatic N) is 1. The predicted octanol–water partition coefficient (Wildman–Crippen LogP) is 2.90. The maximum atomic E-state index is 14.4. The Morgan fingerprint density at radius 1 is 1.06 bits per heavy atom. The second kappa shape index (κ2) is 17.5. The number of cyclic esters (lactones) is 1. The lowest BCUT2D eigenvalue weighted by Crippen LogP contribution is -2.60. The monoisotopic (exact) mass is 763 g/mol. The predicted molar refractivity (Wildman–Crippen MR) is 199 cm³/mol. The first-order valence-electron chi connectivity index (χ1n) is 19.3. The van der Waals surface area contributed by atoms with Gasteiger partial charge < -0.3 is 53.6 Å². The topological polar surface area (TPSA) is 166 Å². The zero-order valence-electron chi connectivity index (χ0n) is 34.0. The Hall–Kier alpha value is -2.27. The molecule has 0 saturated carbocycles. The van der Waals surface area contributed by atoms with Crippen LogP contribution in [-0.2, 0) is 38.0 Å². The Morgan fingerprint density at radius 2 is 1.69 bits per heavy atom. The fourth-order valence-electron chi connectivity index (χ4n) is 9.10. The van der Waals surface area contributed by atoms with E-state index < -0.39 is 102 Å². The highest BCUT2D eigenvalue weighted by atomic mass is 16.7. The summed E-state index contributed by atoms with van der Waals surface area (Å²) in [5.41, 5.74) is -3.12. The lowest BCUT2D eigenvalue weighted by atomic mass is 9.78. The summed E-state index contributed by atoms with van der Waals surface area (Å²) in [4.78, 5) is 16.2. The molecule has 13 nitrogen and oxygen atoms in total. The van der Waals surface area contributed by atoms with Crippen LogP contribution in [0.25, 0.3) is 0 Å². The smallest absolute Gasteiger partial charge is 0.311 e. The van der Waals surface area contributed by atoms with Gasteiger partial charge in [-0.05, 0) is 66.9 Å². The van der Waals surface area contributed by atoms with E-state index in [1.807, 2.05) is 32.6 Å². The van der Waals surface area contributed by atoms with E-state index in [1.165, 1.54) is 14.0 Å². The van der Waals surface area contributed by atoms with Crippen molar-refractivity contribution >= 4 is 5.97 Å². The van der Waals surface area contributed by atoms with Crippen molar-refractivity contribution in [3.8, 4) is 24.7 Å². The quantitative estimate of drug-likeness (QED) is 0.180. The first-order chi connectivity index (χ1) is 25.2. The number of terminal acetylenes is 2. The van der Waals surface area contributed by atoms with Gasteiger partial charge in [0, 0.05) is 31.9 Å². The fraction of sp³-hybridized carbons (Fsp3) is 0.829. The van der Waals surface area contributed by atoms with Gasteiger partial charge in [-0.1, -0.05) is 32.6 Å². The van der Waals surface area contributed by atoms with Crippen LogP contribution in [-0.4, -0.2) is 136 Å². The minimum Gasteiger partial charge on any atom is -0.488 e. The van der Waals surface area contributed by atoms with Crippen LogP contribution in [0.3, 0.4) is 0 Å². The van der Waals surface area contributed by atoms with E-state index >= 15 is 0 Å². The number of carbonyl (C=O) groups excluding carboxylic acids is 1. The van der Waals surface area contributed by atoms with Gasteiger partial charge in [0.2, 0.25) is 0 Å². The number of ether oxygens (including phenoxy) is 7. The van der Waals surface area contributed by atoms with Crippen LogP contribution in [0.15, 0.2) is 11.3 Å². The summed E-state index contributed by atoms with van der Waals surface area (Å²) in [6, 6.07) is -0.471. The van der Waals surface area contributed by atoms with Crippen LogP contribution >= 0.6 is 0 Å². The molecule has 0 aromatic carbocycles. The Kier molecular flexibility index (Phi) is 14.4. The molecule has 4 rings (SSSR count). The Labute approximate surface area is 322 Å². The molecule has 3 fully saturated rings. The van der Waals surface area contributed by atoms with Gasteiger partial charge in [0.1, 0.15) is 41.4 Å². The average molecular weight is 764 g/mol. The summed E-state index contributed by atoms with van der Waals surface area (Å²) in [5, 5.41) is 45.6. The van der Waals surface area contributed by atoms with Gasteiger partial charge in [-0.2, -0.15) is 0 Å². The highest BCUT2D eigenvalue weighted by molar-refractivity contribution is 5.73. The minimum absolute atomic E-state index is 0.144. The molecule has 4 heterocycles. The Morgan fingerprint density at radius 3 is 2.26 bits per heavy atom. The molecule has 13 heteroatoms. The molecule has 0 aromatic heterocycles. The van der Waals surface area contributed by atoms with Gasteiger partial charge >= 0.3 is 5.97 Å². The molecular formula is C41H65NO12. The Balaban J connectivity index is 1.84. The van der Waals surface area contributed by atoms with Gasteiger partial charge in [0.15, 0.2) is 12.6 Å². The van der Waals surface area contributed by atoms with Crippen molar-refractivity contribution in [1.29, 1.82) is 0 Å². The molecule has 306 valence electrons. The number of rotatable bonds is 11.